The molecule has 30 heavy (non-hydrogen) atoms. The molecule has 1 saturated heterocycles. The average Bonchev–Trinajstić information content (AvgIpc) is 2.75. The zero-order chi connectivity index (χ0) is 21.0. The molecule has 1 aliphatic heterocycles. The number of anilines is 1. The van der Waals surface area contributed by atoms with Gasteiger partial charge in [-0.15, -0.1) is 0 Å². The van der Waals surface area contributed by atoms with Crippen LogP contribution in [0.3, 0.4) is 0 Å². The first-order chi connectivity index (χ1) is 14.5. The second-order valence-electron chi connectivity index (χ2n) is 7.52. The Labute approximate surface area is 177 Å². The Morgan fingerprint density at radius 2 is 1.83 bits per heavy atom. The Balaban J connectivity index is 1.39. The number of aromatic nitrogens is 3. The Morgan fingerprint density at radius 3 is 2.53 bits per heavy atom. The summed E-state index contributed by atoms with van der Waals surface area (Å²) in [5.41, 5.74) is 2.55. The third kappa shape index (κ3) is 5.01. The average molecular weight is 424 g/mol. The number of benzene rings is 1. The maximum Gasteiger partial charge on any atom is 0.218 e. The van der Waals surface area contributed by atoms with Gasteiger partial charge in [0.25, 0.3) is 0 Å². The van der Waals surface area contributed by atoms with Crippen molar-refractivity contribution in [3.05, 3.63) is 72.2 Å². The van der Waals surface area contributed by atoms with E-state index >= 15 is 0 Å². The fourth-order valence-corrected chi connectivity index (χ4v) is 5.19. The van der Waals surface area contributed by atoms with Gasteiger partial charge in [-0.05, 0) is 37.5 Å². The van der Waals surface area contributed by atoms with Crippen LogP contribution in [0.25, 0.3) is 11.4 Å². The van der Waals surface area contributed by atoms with Crippen molar-refractivity contribution in [2.75, 3.05) is 18.4 Å². The highest BCUT2D eigenvalue weighted by Gasteiger charge is 2.28. The van der Waals surface area contributed by atoms with Crippen molar-refractivity contribution in [2.45, 2.75) is 31.6 Å². The van der Waals surface area contributed by atoms with Gasteiger partial charge in [0.15, 0.2) is 5.82 Å². The number of aryl methyl sites for hydroxylation is 1. The minimum atomic E-state index is -3.31. The summed E-state index contributed by atoms with van der Waals surface area (Å²) in [7, 11) is -3.31. The molecule has 0 unspecified atom stereocenters. The van der Waals surface area contributed by atoms with Crippen LogP contribution in [-0.4, -0.2) is 46.8 Å². The number of nitrogens with zero attached hydrogens (tertiary/aromatic N) is 4. The normalized spacial score (nSPS) is 15.8. The van der Waals surface area contributed by atoms with Gasteiger partial charge < -0.3 is 5.32 Å². The van der Waals surface area contributed by atoms with Crippen LogP contribution in [0.4, 0.5) is 5.82 Å². The van der Waals surface area contributed by atoms with E-state index in [2.05, 4.69) is 20.3 Å². The van der Waals surface area contributed by atoms with Gasteiger partial charge in [0.1, 0.15) is 5.82 Å². The number of nitrogens with one attached hydrogen (secondary N) is 1. The van der Waals surface area contributed by atoms with Gasteiger partial charge in [0, 0.05) is 48.8 Å². The number of hydrogen-bond acceptors (Lipinski definition) is 6. The molecular formula is C22H25N5O2S. The van der Waals surface area contributed by atoms with Crippen molar-refractivity contribution >= 4 is 15.8 Å². The van der Waals surface area contributed by atoms with Crippen LogP contribution in [0, 0.1) is 6.92 Å². The molecule has 0 bridgehead atoms. The standard InChI is InChI=1S/C22H25N5O2S/c1-17-14-21(26-22(24-17)19-8-5-11-23-15-19)25-20-9-12-27(13-10-20)30(28,29)16-18-6-3-2-4-7-18/h2-8,11,14-15,20H,9-10,12-13,16H2,1H3,(H,24,25,26). The number of sulfonamides is 1. The summed E-state index contributed by atoms with van der Waals surface area (Å²) < 4.78 is 27.1. The quantitative estimate of drug-likeness (QED) is 0.655. The number of pyridine rings is 1. The minimum Gasteiger partial charge on any atom is -0.367 e. The number of rotatable bonds is 6. The molecule has 8 heteroatoms. The van der Waals surface area contributed by atoms with Gasteiger partial charge in [0.05, 0.1) is 5.75 Å². The van der Waals surface area contributed by atoms with Crippen LogP contribution in [0.15, 0.2) is 60.9 Å². The van der Waals surface area contributed by atoms with Crippen LogP contribution < -0.4 is 5.32 Å². The highest BCUT2D eigenvalue weighted by Crippen LogP contribution is 2.22. The van der Waals surface area contributed by atoms with Gasteiger partial charge >= 0.3 is 0 Å². The van der Waals surface area contributed by atoms with Crippen LogP contribution in [-0.2, 0) is 15.8 Å². The number of piperidine rings is 1. The van der Waals surface area contributed by atoms with Crippen molar-refractivity contribution in [1.29, 1.82) is 0 Å². The van der Waals surface area contributed by atoms with E-state index in [0.29, 0.717) is 18.9 Å². The molecule has 7 nitrogen and oxygen atoms in total. The largest absolute Gasteiger partial charge is 0.367 e. The molecule has 1 N–H and O–H groups in total. The summed E-state index contributed by atoms with van der Waals surface area (Å²) in [6, 6.07) is 15.2. The van der Waals surface area contributed by atoms with E-state index in [9.17, 15) is 8.42 Å². The lowest BCUT2D eigenvalue weighted by Gasteiger charge is -2.32. The number of hydrogen-bond donors (Lipinski definition) is 1. The topological polar surface area (TPSA) is 88.1 Å². The van der Waals surface area contributed by atoms with E-state index in [4.69, 9.17) is 0 Å². The summed E-state index contributed by atoms with van der Waals surface area (Å²) in [5.74, 6) is 1.44. The molecule has 156 valence electrons. The van der Waals surface area contributed by atoms with E-state index in [-0.39, 0.29) is 11.8 Å². The van der Waals surface area contributed by atoms with E-state index in [1.54, 1.807) is 16.7 Å². The van der Waals surface area contributed by atoms with Crippen LogP contribution >= 0.6 is 0 Å². The van der Waals surface area contributed by atoms with Gasteiger partial charge in [-0.25, -0.2) is 22.7 Å². The molecule has 0 atom stereocenters. The smallest absolute Gasteiger partial charge is 0.218 e. The van der Waals surface area contributed by atoms with Crippen molar-refractivity contribution in [1.82, 2.24) is 19.3 Å². The predicted octanol–water partition coefficient (Wildman–Crippen LogP) is 3.25. The van der Waals surface area contributed by atoms with Gasteiger partial charge in [-0.2, -0.15) is 0 Å². The van der Waals surface area contributed by atoms with Crippen molar-refractivity contribution in [3.8, 4) is 11.4 Å². The Kier molecular flexibility index (Phi) is 6.06. The first-order valence-corrected chi connectivity index (χ1v) is 11.6. The lowest BCUT2D eigenvalue weighted by Crippen LogP contribution is -2.42. The Bertz CT molecular complexity index is 1080. The van der Waals surface area contributed by atoms with Crippen LogP contribution in [0.2, 0.25) is 0 Å². The van der Waals surface area contributed by atoms with Gasteiger partial charge in [0.2, 0.25) is 10.0 Å². The first kappa shape index (κ1) is 20.4. The van der Waals surface area contributed by atoms with Gasteiger partial charge in [-0.1, -0.05) is 30.3 Å². The molecule has 2 aromatic heterocycles. The molecule has 3 heterocycles. The molecule has 0 spiro atoms. The van der Waals surface area contributed by atoms with Crippen LogP contribution in [0.1, 0.15) is 24.1 Å². The summed E-state index contributed by atoms with van der Waals surface area (Å²) in [6.07, 6.45) is 4.94. The fourth-order valence-electron chi connectivity index (χ4n) is 3.63. The minimum absolute atomic E-state index is 0.0471. The molecule has 3 aromatic rings. The zero-order valence-corrected chi connectivity index (χ0v) is 17.7. The first-order valence-electron chi connectivity index (χ1n) is 10.0. The Morgan fingerprint density at radius 1 is 1.07 bits per heavy atom. The lowest BCUT2D eigenvalue weighted by molar-refractivity contribution is 0.329. The summed E-state index contributed by atoms with van der Waals surface area (Å²) >= 11 is 0. The van der Waals surface area contributed by atoms with Crippen molar-refractivity contribution in [2.24, 2.45) is 0 Å². The highest BCUT2D eigenvalue weighted by atomic mass is 32.2. The van der Waals surface area contributed by atoms with Gasteiger partial charge in [-0.3, -0.25) is 4.98 Å². The molecule has 0 radical (unpaired) electrons. The SMILES string of the molecule is Cc1cc(NC2CCN(S(=O)(=O)Cc3ccccc3)CC2)nc(-c2cccnc2)n1. The maximum atomic E-state index is 12.7. The molecular weight excluding hydrogens is 398 g/mol. The van der Waals surface area contributed by atoms with E-state index in [1.165, 1.54) is 0 Å². The fraction of sp³-hybridized carbons (Fsp3) is 0.318. The Hall–Kier alpha value is -2.84. The van der Waals surface area contributed by atoms with E-state index in [1.807, 2.05) is 55.5 Å². The summed E-state index contributed by atoms with van der Waals surface area (Å²) in [4.78, 5) is 13.3. The predicted molar refractivity (Wildman–Crippen MR) is 117 cm³/mol. The molecule has 0 aliphatic carbocycles. The van der Waals surface area contributed by atoms with E-state index in [0.717, 1.165) is 35.5 Å². The van der Waals surface area contributed by atoms with Crippen LogP contribution in [0.5, 0.6) is 0 Å². The summed E-state index contributed by atoms with van der Waals surface area (Å²) in [6.45, 7) is 2.95. The third-order valence-electron chi connectivity index (χ3n) is 5.17. The molecule has 1 fully saturated rings. The lowest BCUT2D eigenvalue weighted by atomic mass is 10.1. The van der Waals surface area contributed by atoms with E-state index < -0.39 is 10.0 Å². The molecule has 0 saturated carbocycles. The molecule has 0 amide bonds. The zero-order valence-electron chi connectivity index (χ0n) is 16.9. The maximum absolute atomic E-state index is 12.7. The summed E-state index contributed by atoms with van der Waals surface area (Å²) in [5, 5.41) is 3.46. The highest BCUT2D eigenvalue weighted by molar-refractivity contribution is 7.88. The second-order valence-corrected chi connectivity index (χ2v) is 9.49. The van der Waals surface area contributed by atoms with Crippen molar-refractivity contribution in [3.63, 3.8) is 0 Å². The second kappa shape index (κ2) is 8.89. The van der Waals surface area contributed by atoms with Crippen molar-refractivity contribution < 1.29 is 8.42 Å². The molecule has 1 aliphatic rings. The molecule has 1 aromatic carbocycles. The molecule has 4 rings (SSSR count). The monoisotopic (exact) mass is 423 g/mol. The third-order valence-corrected chi connectivity index (χ3v) is 7.02.